The number of hydrogen-bond donors (Lipinski definition) is 1. The van der Waals surface area contributed by atoms with E-state index in [1.165, 1.54) is 42.4 Å². The summed E-state index contributed by atoms with van der Waals surface area (Å²) in [5.74, 6) is 1.04. The molecule has 0 saturated carbocycles. The molecule has 0 heterocycles. The molecule has 0 radical (unpaired) electrons. The van der Waals surface area contributed by atoms with Crippen LogP contribution < -0.4 is 10.1 Å². The summed E-state index contributed by atoms with van der Waals surface area (Å²) in [6, 6.07) is 4.76. The smallest absolute Gasteiger partial charge is 0.126 e. The Balaban J connectivity index is 2.27. The van der Waals surface area contributed by atoms with Crippen LogP contribution in [0.5, 0.6) is 5.75 Å². The van der Waals surface area contributed by atoms with Crippen LogP contribution in [0.3, 0.4) is 0 Å². The van der Waals surface area contributed by atoms with E-state index >= 15 is 0 Å². The first kappa shape index (κ1) is 15.1. The SMILES string of the molecule is CNC(CC1=CCCCC1)c1ccc(C)c(C)c1OC. The van der Waals surface area contributed by atoms with Gasteiger partial charge in [0.1, 0.15) is 5.75 Å². The summed E-state index contributed by atoms with van der Waals surface area (Å²) in [6.45, 7) is 4.28. The number of aryl methyl sites for hydroxylation is 1. The Morgan fingerprint density at radius 3 is 2.65 bits per heavy atom. The molecule has 0 bridgehead atoms. The van der Waals surface area contributed by atoms with E-state index in [-0.39, 0.29) is 0 Å². The predicted octanol–water partition coefficient (Wildman–Crippen LogP) is 4.46. The molecule has 1 aliphatic rings. The second-order valence-electron chi connectivity index (χ2n) is 5.78. The maximum Gasteiger partial charge on any atom is 0.126 e. The minimum Gasteiger partial charge on any atom is -0.496 e. The molecule has 1 N–H and O–H groups in total. The van der Waals surface area contributed by atoms with Crippen molar-refractivity contribution >= 4 is 0 Å². The topological polar surface area (TPSA) is 21.3 Å². The maximum absolute atomic E-state index is 5.67. The third-order valence-corrected chi connectivity index (χ3v) is 4.49. The molecule has 1 aromatic carbocycles. The molecule has 0 saturated heterocycles. The van der Waals surface area contributed by atoms with E-state index < -0.39 is 0 Å². The molecule has 0 spiro atoms. The van der Waals surface area contributed by atoms with Crippen LogP contribution in [0.4, 0.5) is 0 Å². The normalized spacial score (nSPS) is 16.7. The lowest BCUT2D eigenvalue weighted by Crippen LogP contribution is -2.19. The van der Waals surface area contributed by atoms with Crippen molar-refractivity contribution in [2.24, 2.45) is 0 Å². The monoisotopic (exact) mass is 273 g/mol. The van der Waals surface area contributed by atoms with Gasteiger partial charge >= 0.3 is 0 Å². The van der Waals surface area contributed by atoms with E-state index in [0.29, 0.717) is 6.04 Å². The summed E-state index contributed by atoms with van der Waals surface area (Å²) < 4.78 is 5.67. The number of methoxy groups -OCH3 is 1. The fourth-order valence-corrected chi connectivity index (χ4v) is 3.08. The maximum atomic E-state index is 5.67. The molecule has 0 aliphatic heterocycles. The summed E-state index contributed by atoms with van der Waals surface area (Å²) in [5, 5.41) is 3.47. The second kappa shape index (κ2) is 6.94. The van der Waals surface area contributed by atoms with Crippen LogP contribution in [0.25, 0.3) is 0 Å². The largest absolute Gasteiger partial charge is 0.496 e. The molecular weight excluding hydrogens is 246 g/mol. The Morgan fingerprint density at radius 1 is 1.25 bits per heavy atom. The van der Waals surface area contributed by atoms with Gasteiger partial charge in [0, 0.05) is 11.6 Å². The van der Waals surface area contributed by atoms with Crippen molar-refractivity contribution in [2.45, 2.75) is 52.0 Å². The van der Waals surface area contributed by atoms with Gasteiger partial charge in [-0.25, -0.2) is 0 Å². The standard InChI is InChI=1S/C18H27NO/c1-13-10-11-16(18(20-4)14(13)2)17(19-3)12-15-8-6-5-7-9-15/h8,10-11,17,19H,5-7,9,12H2,1-4H3. The third kappa shape index (κ3) is 3.24. The van der Waals surface area contributed by atoms with Crippen molar-refractivity contribution in [2.75, 3.05) is 14.2 Å². The van der Waals surface area contributed by atoms with Crippen molar-refractivity contribution in [3.63, 3.8) is 0 Å². The molecule has 0 aromatic heterocycles. The third-order valence-electron chi connectivity index (χ3n) is 4.49. The first-order chi connectivity index (χ1) is 9.67. The van der Waals surface area contributed by atoms with Gasteiger partial charge in [-0.05, 0) is 64.1 Å². The van der Waals surface area contributed by atoms with Gasteiger partial charge in [0.05, 0.1) is 7.11 Å². The lowest BCUT2D eigenvalue weighted by molar-refractivity contribution is 0.397. The minimum atomic E-state index is 0.341. The summed E-state index contributed by atoms with van der Waals surface area (Å²) in [7, 11) is 3.82. The Hall–Kier alpha value is -1.28. The van der Waals surface area contributed by atoms with E-state index in [4.69, 9.17) is 4.74 Å². The highest BCUT2D eigenvalue weighted by atomic mass is 16.5. The Bertz CT molecular complexity index is 490. The number of allylic oxidation sites excluding steroid dienone is 1. The Morgan fingerprint density at radius 2 is 2.05 bits per heavy atom. The Kier molecular flexibility index (Phi) is 5.24. The molecule has 20 heavy (non-hydrogen) atoms. The van der Waals surface area contributed by atoms with Crippen molar-refractivity contribution < 1.29 is 4.74 Å². The lowest BCUT2D eigenvalue weighted by atomic mass is 9.90. The fraction of sp³-hybridized carbons (Fsp3) is 0.556. The molecule has 110 valence electrons. The van der Waals surface area contributed by atoms with Gasteiger partial charge in [0.15, 0.2) is 0 Å². The molecule has 1 aliphatic carbocycles. The number of ether oxygens (including phenoxy) is 1. The molecule has 2 rings (SSSR count). The van der Waals surface area contributed by atoms with Crippen LogP contribution in [0.15, 0.2) is 23.8 Å². The van der Waals surface area contributed by atoms with Crippen LogP contribution in [0, 0.1) is 13.8 Å². The predicted molar refractivity (Wildman–Crippen MR) is 85.4 cm³/mol. The van der Waals surface area contributed by atoms with E-state index in [0.717, 1.165) is 12.2 Å². The second-order valence-corrected chi connectivity index (χ2v) is 5.78. The zero-order chi connectivity index (χ0) is 14.5. The first-order valence-electron chi connectivity index (χ1n) is 7.66. The van der Waals surface area contributed by atoms with Crippen LogP contribution in [0.2, 0.25) is 0 Å². The fourth-order valence-electron chi connectivity index (χ4n) is 3.08. The van der Waals surface area contributed by atoms with Gasteiger partial charge in [-0.3, -0.25) is 0 Å². The number of nitrogens with one attached hydrogen (secondary N) is 1. The summed E-state index contributed by atoms with van der Waals surface area (Å²) in [4.78, 5) is 0. The van der Waals surface area contributed by atoms with Crippen molar-refractivity contribution in [1.29, 1.82) is 0 Å². The quantitative estimate of drug-likeness (QED) is 0.800. The molecule has 1 aromatic rings. The van der Waals surface area contributed by atoms with Crippen LogP contribution in [-0.2, 0) is 0 Å². The van der Waals surface area contributed by atoms with Crippen LogP contribution in [-0.4, -0.2) is 14.2 Å². The summed E-state index contributed by atoms with van der Waals surface area (Å²) >= 11 is 0. The van der Waals surface area contributed by atoms with Gasteiger partial charge in [-0.1, -0.05) is 23.8 Å². The van der Waals surface area contributed by atoms with Gasteiger partial charge in [-0.2, -0.15) is 0 Å². The number of hydrogen-bond acceptors (Lipinski definition) is 2. The molecule has 1 atom stereocenters. The van der Waals surface area contributed by atoms with E-state index in [2.05, 4.69) is 37.4 Å². The van der Waals surface area contributed by atoms with Crippen molar-refractivity contribution in [3.8, 4) is 5.75 Å². The minimum absolute atomic E-state index is 0.341. The highest BCUT2D eigenvalue weighted by Crippen LogP contribution is 2.35. The molecule has 2 heteroatoms. The summed E-state index contributed by atoms with van der Waals surface area (Å²) in [6.07, 6.45) is 8.71. The van der Waals surface area contributed by atoms with Crippen molar-refractivity contribution in [1.82, 2.24) is 5.32 Å². The van der Waals surface area contributed by atoms with E-state index in [9.17, 15) is 0 Å². The van der Waals surface area contributed by atoms with E-state index in [1.807, 2.05) is 7.05 Å². The lowest BCUT2D eigenvalue weighted by Gasteiger charge is -2.24. The zero-order valence-electron chi connectivity index (χ0n) is 13.3. The van der Waals surface area contributed by atoms with Crippen LogP contribution in [0.1, 0.15) is 54.8 Å². The Labute approximate surface area is 123 Å². The molecular formula is C18H27NO. The van der Waals surface area contributed by atoms with Gasteiger partial charge in [0.25, 0.3) is 0 Å². The van der Waals surface area contributed by atoms with E-state index in [1.54, 1.807) is 12.7 Å². The van der Waals surface area contributed by atoms with Gasteiger partial charge in [0.2, 0.25) is 0 Å². The molecule has 0 fully saturated rings. The van der Waals surface area contributed by atoms with Crippen LogP contribution >= 0.6 is 0 Å². The van der Waals surface area contributed by atoms with Crippen molar-refractivity contribution in [3.05, 3.63) is 40.5 Å². The first-order valence-corrected chi connectivity index (χ1v) is 7.66. The molecule has 1 unspecified atom stereocenters. The van der Waals surface area contributed by atoms with Gasteiger partial charge < -0.3 is 10.1 Å². The molecule has 2 nitrogen and oxygen atoms in total. The number of rotatable bonds is 5. The average molecular weight is 273 g/mol. The highest BCUT2D eigenvalue weighted by Gasteiger charge is 2.19. The highest BCUT2D eigenvalue weighted by molar-refractivity contribution is 5.47. The summed E-state index contributed by atoms with van der Waals surface area (Å²) in [5.41, 5.74) is 5.42. The zero-order valence-corrected chi connectivity index (χ0v) is 13.3. The molecule has 0 amide bonds. The average Bonchev–Trinajstić information content (AvgIpc) is 2.48. The number of benzene rings is 1. The van der Waals surface area contributed by atoms with Gasteiger partial charge in [-0.15, -0.1) is 0 Å².